The number of fused-ring (bicyclic) bond motifs is 1. The van der Waals surface area contributed by atoms with Crippen LogP contribution in [-0.2, 0) is 12.8 Å². The van der Waals surface area contributed by atoms with Crippen LogP contribution in [0.15, 0.2) is 42.5 Å². The van der Waals surface area contributed by atoms with Gasteiger partial charge in [0.25, 0.3) is 0 Å². The predicted molar refractivity (Wildman–Crippen MR) is 102 cm³/mol. The van der Waals surface area contributed by atoms with Crippen LogP contribution in [0.3, 0.4) is 0 Å². The van der Waals surface area contributed by atoms with E-state index in [9.17, 15) is 0 Å². The summed E-state index contributed by atoms with van der Waals surface area (Å²) in [6.45, 7) is 2.14. The Hall–Kier alpha value is -1.58. The van der Waals surface area contributed by atoms with Crippen LogP contribution < -0.4 is 10.6 Å². The monoisotopic (exact) mass is 344 g/mol. The number of hydrogen-bond donors (Lipinski definition) is 2. The summed E-state index contributed by atoms with van der Waals surface area (Å²) >= 11 is 11.3. The molecule has 0 aliphatic heterocycles. The minimum absolute atomic E-state index is 0.175. The molecule has 1 atom stereocenters. The summed E-state index contributed by atoms with van der Waals surface area (Å²) in [5, 5.41) is 7.89. The molecule has 120 valence electrons. The highest BCUT2D eigenvalue weighted by Crippen LogP contribution is 2.24. The Morgan fingerprint density at radius 1 is 1.04 bits per heavy atom. The van der Waals surface area contributed by atoms with Gasteiger partial charge in [0.2, 0.25) is 0 Å². The Morgan fingerprint density at radius 3 is 2.48 bits per heavy atom. The molecule has 0 amide bonds. The second-order valence-corrected chi connectivity index (χ2v) is 6.91. The summed E-state index contributed by atoms with van der Waals surface area (Å²) in [5.74, 6) is 0. The van der Waals surface area contributed by atoms with E-state index in [1.165, 1.54) is 42.4 Å². The molecule has 1 aliphatic rings. The molecule has 0 saturated carbocycles. The average Bonchev–Trinajstić information content (AvgIpc) is 2.56. The second kappa shape index (κ2) is 7.33. The quantitative estimate of drug-likeness (QED) is 0.742. The lowest BCUT2D eigenvalue weighted by Crippen LogP contribution is -2.31. The zero-order valence-electron chi connectivity index (χ0n) is 13.2. The molecule has 2 nitrogen and oxygen atoms in total. The van der Waals surface area contributed by atoms with Crippen molar-refractivity contribution in [2.24, 2.45) is 0 Å². The van der Waals surface area contributed by atoms with E-state index in [1.807, 2.05) is 24.3 Å². The van der Waals surface area contributed by atoms with Crippen molar-refractivity contribution in [3.8, 4) is 0 Å². The van der Waals surface area contributed by atoms with Gasteiger partial charge in [0.1, 0.15) is 0 Å². The Balaban J connectivity index is 1.63. The van der Waals surface area contributed by atoms with Gasteiger partial charge in [-0.1, -0.05) is 29.8 Å². The van der Waals surface area contributed by atoms with Crippen LogP contribution in [-0.4, -0.2) is 5.11 Å². The van der Waals surface area contributed by atoms with Gasteiger partial charge in [-0.05, 0) is 85.8 Å². The van der Waals surface area contributed by atoms with Gasteiger partial charge in [-0.25, -0.2) is 0 Å². The fourth-order valence-corrected chi connectivity index (χ4v) is 3.42. The highest BCUT2D eigenvalue weighted by atomic mass is 35.5. The van der Waals surface area contributed by atoms with Crippen molar-refractivity contribution in [3.05, 3.63) is 64.2 Å². The van der Waals surface area contributed by atoms with E-state index in [0.29, 0.717) is 5.11 Å². The lowest BCUT2D eigenvalue weighted by atomic mass is 9.89. The van der Waals surface area contributed by atoms with Crippen LogP contribution in [0.4, 0.5) is 5.69 Å². The molecule has 4 heteroatoms. The lowest BCUT2D eigenvalue weighted by Gasteiger charge is -2.21. The minimum atomic E-state index is 0.175. The van der Waals surface area contributed by atoms with Crippen molar-refractivity contribution in [3.63, 3.8) is 0 Å². The Morgan fingerprint density at radius 2 is 1.74 bits per heavy atom. The van der Waals surface area contributed by atoms with Gasteiger partial charge in [-0.2, -0.15) is 0 Å². The number of nitrogens with one attached hydrogen (secondary N) is 2. The topological polar surface area (TPSA) is 24.1 Å². The molecule has 2 aromatic carbocycles. The number of thiocarbonyl (C=S) groups is 1. The standard InChI is InChI=1S/C19H21ClN2S/c1-13(15-7-6-14-4-2-3-5-16(14)12-15)21-19(23)22-18-10-8-17(20)9-11-18/h6-13H,2-5H2,1H3,(H2,21,22,23)/t13-/m1/s1. The normalized spacial score (nSPS) is 14.7. The molecule has 2 aromatic rings. The van der Waals surface area contributed by atoms with Crippen molar-refractivity contribution < 1.29 is 0 Å². The van der Waals surface area contributed by atoms with Gasteiger partial charge >= 0.3 is 0 Å². The summed E-state index contributed by atoms with van der Waals surface area (Å²) in [7, 11) is 0. The van der Waals surface area contributed by atoms with E-state index in [4.69, 9.17) is 23.8 Å². The molecule has 0 spiro atoms. The van der Waals surface area contributed by atoms with Crippen molar-refractivity contribution in [2.75, 3.05) is 5.32 Å². The van der Waals surface area contributed by atoms with Crippen LogP contribution >= 0.6 is 23.8 Å². The molecular formula is C19H21ClN2S. The largest absolute Gasteiger partial charge is 0.356 e. The van der Waals surface area contributed by atoms with E-state index in [2.05, 4.69) is 35.8 Å². The van der Waals surface area contributed by atoms with Crippen LogP contribution in [0.25, 0.3) is 0 Å². The van der Waals surface area contributed by atoms with Crippen molar-refractivity contribution in [1.82, 2.24) is 5.32 Å². The van der Waals surface area contributed by atoms with Gasteiger partial charge < -0.3 is 10.6 Å². The average molecular weight is 345 g/mol. The molecule has 2 N–H and O–H groups in total. The predicted octanol–water partition coefficient (Wildman–Crippen LogP) is 5.27. The molecule has 0 bridgehead atoms. The first kappa shape index (κ1) is 16.3. The summed E-state index contributed by atoms with van der Waals surface area (Å²) < 4.78 is 0. The number of halogens is 1. The van der Waals surface area contributed by atoms with Gasteiger partial charge in [0, 0.05) is 10.7 Å². The first-order chi connectivity index (χ1) is 11.1. The first-order valence-corrected chi connectivity index (χ1v) is 8.85. The molecule has 0 aromatic heterocycles. The second-order valence-electron chi connectivity index (χ2n) is 6.06. The van der Waals surface area contributed by atoms with E-state index in [-0.39, 0.29) is 6.04 Å². The Bertz CT molecular complexity index is 697. The van der Waals surface area contributed by atoms with E-state index < -0.39 is 0 Å². The molecule has 1 aliphatic carbocycles. The molecule has 0 saturated heterocycles. The van der Waals surface area contributed by atoms with E-state index in [1.54, 1.807) is 0 Å². The third kappa shape index (κ3) is 4.24. The number of rotatable bonds is 3. The number of aryl methyl sites for hydroxylation is 2. The Kier molecular flexibility index (Phi) is 5.19. The number of benzene rings is 2. The summed E-state index contributed by atoms with van der Waals surface area (Å²) in [5.41, 5.74) is 5.23. The van der Waals surface area contributed by atoms with Crippen LogP contribution in [0.2, 0.25) is 5.02 Å². The van der Waals surface area contributed by atoms with Gasteiger partial charge in [0.05, 0.1) is 6.04 Å². The van der Waals surface area contributed by atoms with E-state index in [0.717, 1.165) is 10.7 Å². The number of hydrogen-bond acceptors (Lipinski definition) is 1. The van der Waals surface area contributed by atoms with Crippen molar-refractivity contribution in [2.45, 2.75) is 38.6 Å². The third-order valence-corrected chi connectivity index (χ3v) is 4.79. The molecular weight excluding hydrogens is 324 g/mol. The Labute approximate surface area is 148 Å². The molecule has 0 heterocycles. The van der Waals surface area contributed by atoms with Crippen LogP contribution in [0.1, 0.15) is 42.5 Å². The smallest absolute Gasteiger partial charge is 0.171 e. The minimum Gasteiger partial charge on any atom is -0.356 e. The summed E-state index contributed by atoms with van der Waals surface area (Å²) in [6, 6.07) is 14.5. The molecule has 3 rings (SSSR count). The number of anilines is 1. The van der Waals surface area contributed by atoms with Gasteiger partial charge in [-0.3, -0.25) is 0 Å². The van der Waals surface area contributed by atoms with E-state index >= 15 is 0 Å². The highest BCUT2D eigenvalue weighted by molar-refractivity contribution is 7.80. The fourth-order valence-electron chi connectivity index (χ4n) is 3.00. The maximum Gasteiger partial charge on any atom is 0.171 e. The van der Waals surface area contributed by atoms with Crippen molar-refractivity contribution >= 4 is 34.6 Å². The SMILES string of the molecule is C[C@@H](NC(=S)Nc1ccc(Cl)cc1)c1ccc2c(c1)CCCC2. The molecule has 0 unspecified atom stereocenters. The first-order valence-electron chi connectivity index (χ1n) is 8.06. The van der Waals surface area contributed by atoms with Crippen molar-refractivity contribution in [1.29, 1.82) is 0 Å². The fraction of sp³-hybridized carbons (Fsp3) is 0.316. The highest BCUT2D eigenvalue weighted by Gasteiger charge is 2.13. The zero-order valence-corrected chi connectivity index (χ0v) is 14.8. The summed E-state index contributed by atoms with van der Waals surface area (Å²) in [6.07, 6.45) is 5.03. The molecule has 23 heavy (non-hydrogen) atoms. The van der Waals surface area contributed by atoms with Crippen LogP contribution in [0.5, 0.6) is 0 Å². The summed E-state index contributed by atoms with van der Waals surface area (Å²) in [4.78, 5) is 0. The lowest BCUT2D eigenvalue weighted by molar-refractivity contribution is 0.675. The van der Waals surface area contributed by atoms with Gasteiger partial charge in [-0.15, -0.1) is 0 Å². The maximum absolute atomic E-state index is 5.89. The zero-order chi connectivity index (χ0) is 16.2. The molecule has 0 radical (unpaired) electrons. The van der Waals surface area contributed by atoms with Crippen LogP contribution in [0, 0.1) is 0 Å². The van der Waals surface area contributed by atoms with Gasteiger partial charge in [0.15, 0.2) is 5.11 Å². The maximum atomic E-state index is 5.89. The third-order valence-electron chi connectivity index (χ3n) is 4.32. The molecule has 0 fully saturated rings.